The minimum Gasteiger partial charge on any atom is -0.376 e. The van der Waals surface area contributed by atoms with E-state index < -0.39 is 6.04 Å². The average Bonchev–Trinajstić information content (AvgIpc) is 3.73. The standard InChI is InChI=1S/C35H39N7O2/c1-24-20-25(2)31-28(21-24)22-30(35(43)36-31)33(34-37-38-39-42(34)23-29-14-9-19-44-29)41-17-15-40(16-18-41)32(26-10-5-3-6-11-26)27-12-7-4-8-13-27/h3-8,10-13,20-22,29,32-33H,9,14-19,23H2,1-2H3,(H,36,43)/t29-,33-/m1/s1. The highest BCUT2D eigenvalue weighted by molar-refractivity contribution is 5.83. The summed E-state index contributed by atoms with van der Waals surface area (Å²) < 4.78 is 7.80. The predicted octanol–water partition coefficient (Wildman–Crippen LogP) is 4.81. The number of ether oxygens (including phenoxy) is 1. The molecule has 2 aliphatic rings. The molecule has 0 bridgehead atoms. The fraction of sp³-hybridized carbons (Fsp3) is 0.371. The number of rotatable bonds is 8. The monoisotopic (exact) mass is 589 g/mol. The van der Waals surface area contributed by atoms with E-state index in [1.54, 1.807) is 0 Å². The highest BCUT2D eigenvalue weighted by atomic mass is 16.5. The number of piperazine rings is 1. The van der Waals surface area contributed by atoms with Crippen molar-refractivity contribution in [3.05, 3.63) is 123 Å². The van der Waals surface area contributed by atoms with Crippen LogP contribution in [0.25, 0.3) is 10.9 Å². The van der Waals surface area contributed by atoms with Crippen LogP contribution in [-0.2, 0) is 11.3 Å². The molecule has 4 heterocycles. The number of nitrogens with one attached hydrogen (secondary N) is 1. The molecule has 9 nitrogen and oxygen atoms in total. The Hall–Kier alpha value is -4.18. The van der Waals surface area contributed by atoms with Crippen LogP contribution in [0.4, 0.5) is 0 Å². The molecule has 2 saturated heterocycles. The zero-order valence-electron chi connectivity index (χ0n) is 25.4. The van der Waals surface area contributed by atoms with Crippen LogP contribution in [0.2, 0.25) is 0 Å². The van der Waals surface area contributed by atoms with Crippen molar-refractivity contribution in [2.75, 3.05) is 32.8 Å². The molecule has 7 rings (SSSR count). The SMILES string of the molecule is Cc1cc(C)c2[nH]c(=O)c([C@H](c3nnnn3C[C@H]3CCCO3)N3CCN(C(c4ccccc4)c4ccccc4)CC3)cc2c1. The number of aromatic amines is 1. The molecule has 5 aromatic rings. The molecule has 0 saturated carbocycles. The third kappa shape index (κ3) is 5.70. The number of nitrogens with zero attached hydrogens (tertiary/aromatic N) is 6. The molecule has 2 aromatic heterocycles. The lowest BCUT2D eigenvalue weighted by molar-refractivity contribution is 0.0778. The molecule has 44 heavy (non-hydrogen) atoms. The van der Waals surface area contributed by atoms with Crippen molar-refractivity contribution in [1.29, 1.82) is 0 Å². The maximum atomic E-state index is 13.9. The van der Waals surface area contributed by atoms with E-state index in [0.29, 0.717) is 17.9 Å². The number of benzene rings is 3. The smallest absolute Gasteiger partial charge is 0.253 e. The van der Waals surface area contributed by atoms with E-state index in [-0.39, 0.29) is 17.7 Å². The van der Waals surface area contributed by atoms with Gasteiger partial charge in [-0.2, -0.15) is 0 Å². The molecule has 0 aliphatic carbocycles. The maximum absolute atomic E-state index is 13.9. The molecule has 0 amide bonds. The summed E-state index contributed by atoms with van der Waals surface area (Å²) in [6.45, 7) is 8.67. The zero-order chi connectivity index (χ0) is 30.0. The summed E-state index contributed by atoms with van der Waals surface area (Å²) in [6, 6.07) is 27.5. The van der Waals surface area contributed by atoms with Crippen LogP contribution >= 0.6 is 0 Å². The quantitative estimate of drug-likeness (QED) is 0.278. The lowest BCUT2D eigenvalue weighted by Gasteiger charge is -2.42. The van der Waals surface area contributed by atoms with Crippen molar-refractivity contribution in [2.45, 2.75) is 51.4 Å². The summed E-state index contributed by atoms with van der Waals surface area (Å²) in [5, 5.41) is 14.1. The van der Waals surface area contributed by atoms with Crippen molar-refractivity contribution >= 4 is 10.9 Å². The van der Waals surface area contributed by atoms with Crippen LogP contribution in [-0.4, -0.2) is 73.9 Å². The number of aryl methyl sites for hydroxylation is 2. The molecule has 3 aromatic carbocycles. The minimum atomic E-state index is -0.394. The van der Waals surface area contributed by atoms with Gasteiger partial charge in [-0.3, -0.25) is 14.6 Å². The van der Waals surface area contributed by atoms with Gasteiger partial charge in [-0.1, -0.05) is 72.3 Å². The van der Waals surface area contributed by atoms with Gasteiger partial charge in [0.05, 0.1) is 24.2 Å². The number of tetrazole rings is 1. The van der Waals surface area contributed by atoms with Gasteiger partial charge in [-0.05, 0) is 71.3 Å². The predicted molar refractivity (Wildman–Crippen MR) is 171 cm³/mol. The molecule has 1 N–H and O–H groups in total. The van der Waals surface area contributed by atoms with Crippen molar-refractivity contribution in [3.8, 4) is 0 Å². The van der Waals surface area contributed by atoms with Gasteiger partial charge in [0.25, 0.3) is 5.56 Å². The summed E-state index contributed by atoms with van der Waals surface area (Å²) in [4.78, 5) is 22.0. The third-order valence-electron chi connectivity index (χ3n) is 9.13. The molecular formula is C35H39N7O2. The fourth-order valence-corrected chi connectivity index (χ4v) is 7.06. The van der Waals surface area contributed by atoms with Crippen LogP contribution in [0.15, 0.2) is 83.7 Å². The summed E-state index contributed by atoms with van der Waals surface area (Å²) >= 11 is 0. The Morgan fingerprint density at radius 2 is 1.55 bits per heavy atom. The second kappa shape index (κ2) is 12.4. The van der Waals surface area contributed by atoms with Gasteiger partial charge < -0.3 is 9.72 Å². The first kappa shape index (κ1) is 28.6. The third-order valence-corrected chi connectivity index (χ3v) is 9.13. The Labute approximate surface area is 257 Å². The second-order valence-electron chi connectivity index (χ2n) is 12.2. The van der Waals surface area contributed by atoms with E-state index in [1.807, 2.05) is 17.7 Å². The number of fused-ring (bicyclic) bond motifs is 1. The van der Waals surface area contributed by atoms with E-state index in [4.69, 9.17) is 4.74 Å². The minimum absolute atomic E-state index is 0.0763. The van der Waals surface area contributed by atoms with Crippen LogP contribution in [0, 0.1) is 13.8 Å². The van der Waals surface area contributed by atoms with Crippen molar-refractivity contribution in [3.63, 3.8) is 0 Å². The van der Waals surface area contributed by atoms with Crippen molar-refractivity contribution < 1.29 is 4.74 Å². The molecule has 2 aliphatic heterocycles. The van der Waals surface area contributed by atoms with Gasteiger partial charge in [-0.15, -0.1) is 5.10 Å². The second-order valence-corrected chi connectivity index (χ2v) is 12.2. The number of hydrogen-bond acceptors (Lipinski definition) is 7. The van der Waals surface area contributed by atoms with E-state index in [2.05, 4.69) is 110 Å². The summed E-state index contributed by atoms with van der Waals surface area (Å²) in [5.74, 6) is 0.686. The molecular weight excluding hydrogens is 550 g/mol. The Kier molecular flexibility index (Phi) is 8.08. The fourth-order valence-electron chi connectivity index (χ4n) is 7.06. The summed E-state index contributed by atoms with van der Waals surface area (Å²) in [7, 11) is 0. The molecule has 2 fully saturated rings. The van der Waals surface area contributed by atoms with Gasteiger partial charge >= 0.3 is 0 Å². The topological polar surface area (TPSA) is 92.2 Å². The Morgan fingerprint density at radius 1 is 0.886 bits per heavy atom. The van der Waals surface area contributed by atoms with E-state index in [1.165, 1.54) is 11.1 Å². The lowest BCUT2D eigenvalue weighted by atomic mass is 9.96. The highest BCUT2D eigenvalue weighted by Gasteiger charge is 2.35. The van der Waals surface area contributed by atoms with E-state index in [9.17, 15) is 4.79 Å². The highest BCUT2D eigenvalue weighted by Crippen LogP contribution is 2.33. The summed E-state index contributed by atoms with van der Waals surface area (Å²) in [6.07, 6.45) is 2.10. The van der Waals surface area contributed by atoms with Crippen LogP contribution in [0.3, 0.4) is 0 Å². The molecule has 9 heteroatoms. The summed E-state index contributed by atoms with van der Waals surface area (Å²) in [5.41, 5.74) is 6.22. The first-order valence-corrected chi connectivity index (χ1v) is 15.6. The maximum Gasteiger partial charge on any atom is 0.253 e. The van der Waals surface area contributed by atoms with Crippen molar-refractivity contribution in [1.82, 2.24) is 35.0 Å². The zero-order valence-corrected chi connectivity index (χ0v) is 25.4. The normalized spacial score (nSPS) is 18.8. The van der Waals surface area contributed by atoms with Crippen molar-refractivity contribution in [2.24, 2.45) is 0 Å². The molecule has 0 spiro atoms. The molecule has 0 unspecified atom stereocenters. The number of pyridine rings is 1. The largest absolute Gasteiger partial charge is 0.376 e. The van der Waals surface area contributed by atoms with Crippen LogP contribution < -0.4 is 5.56 Å². The first-order valence-electron chi connectivity index (χ1n) is 15.6. The van der Waals surface area contributed by atoms with Gasteiger partial charge in [0.1, 0.15) is 6.04 Å². The number of hydrogen-bond donors (Lipinski definition) is 1. The number of aromatic nitrogens is 5. The lowest BCUT2D eigenvalue weighted by Crippen LogP contribution is -2.50. The average molecular weight is 590 g/mol. The van der Waals surface area contributed by atoms with Crippen LogP contribution in [0.1, 0.15) is 58.6 Å². The number of H-pyrrole nitrogens is 1. The Balaban J connectivity index is 1.25. The van der Waals surface area contributed by atoms with E-state index >= 15 is 0 Å². The van der Waals surface area contributed by atoms with E-state index in [0.717, 1.165) is 67.7 Å². The Bertz CT molecular complexity index is 1730. The van der Waals surface area contributed by atoms with Gasteiger partial charge in [0.15, 0.2) is 5.82 Å². The molecule has 226 valence electrons. The molecule has 0 radical (unpaired) electrons. The first-order chi connectivity index (χ1) is 21.5. The van der Waals surface area contributed by atoms with Gasteiger partial charge in [0, 0.05) is 38.3 Å². The van der Waals surface area contributed by atoms with Crippen LogP contribution in [0.5, 0.6) is 0 Å². The van der Waals surface area contributed by atoms with Gasteiger partial charge in [0.2, 0.25) is 0 Å². The molecule has 2 atom stereocenters. The Morgan fingerprint density at radius 3 is 2.18 bits per heavy atom. The van der Waals surface area contributed by atoms with Gasteiger partial charge in [-0.25, -0.2) is 4.68 Å².